The van der Waals surface area contributed by atoms with Gasteiger partial charge < -0.3 is 19.9 Å². The van der Waals surface area contributed by atoms with Gasteiger partial charge in [0.05, 0.1) is 12.0 Å². The number of nitrogens with one attached hydrogen (secondary N) is 2. The van der Waals surface area contributed by atoms with Crippen LogP contribution < -0.4 is 10.6 Å². The summed E-state index contributed by atoms with van der Waals surface area (Å²) in [4.78, 5) is 29.6. The third kappa shape index (κ3) is 4.32. The molecule has 8 heteroatoms. The van der Waals surface area contributed by atoms with Gasteiger partial charge in [-0.25, -0.2) is 4.39 Å². The summed E-state index contributed by atoms with van der Waals surface area (Å²) in [6.07, 6.45) is 0.862. The zero-order valence-corrected chi connectivity index (χ0v) is 15.1. The van der Waals surface area contributed by atoms with Gasteiger partial charge in [0.2, 0.25) is 6.10 Å². The Hall–Kier alpha value is -3.94. The molecule has 0 radical (unpaired) electrons. The zero-order chi connectivity index (χ0) is 20.2. The van der Waals surface area contributed by atoms with Crippen LogP contribution in [0.15, 0.2) is 76.5 Å². The molecule has 1 aromatic heterocycles. The van der Waals surface area contributed by atoms with E-state index in [1.165, 1.54) is 18.4 Å². The van der Waals surface area contributed by atoms with E-state index in [0.29, 0.717) is 22.6 Å². The van der Waals surface area contributed by atoms with Gasteiger partial charge in [-0.3, -0.25) is 9.59 Å². The molecule has 146 valence electrons. The first-order valence-corrected chi connectivity index (χ1v) is 8.83. The Bertz CT molecular complexity index is 1060. The van der Waals surface area contributed by atoms with Crippen molar-refractivity contribution in [2.24, 2.45) is 5.16 Å². The molecule has 2 N–H and O–H groups in total. The van der Waals surface area contributed by atoms with Gasteiger partial charge in [-0.1, -0.05) is 17.3 Å². The van der Waals surface area contributed by atoms with Crippen molar-refractivity contribution in [2.75, 3.05) is 10.6 Å². The monoisotopic (exact) mass is 393 g/mol. The van der Waals surface area contributed by atoms with E-state index in [-0.39, 0.29) is 29.8 Å². The number of hydrogen-bond acceptors (Lipinski definition) is 5. The summed E-state index contributed by atoms with van der Waals surface area (Å²) in [6.45, 7) is 0. The predicted octanol–water partition coefficient (Wildman–Crippen LogP) is 3.80. The van der Waals surface area contributed by atoms with E-state index < -0.39 is 6.10 Å². The van der Waals surface area contributed by atoms with Crippen LogP contribution in [0.2, 0.25) is 0 Å². The molecule has 4 rings (SSSR count). The van der Waals surface area contributed by atoms with Crippen molar-refractivity contribution in [3.63, 3.8) is 0 Å². The number of carbonyl (C=O) groups is 2. The number of carbonyl (C=O) groups excluding carboxylic acids is 2. The highest BCUT2D eigenvalue weighted by Crippen LogP contribution is 2.20. The molecule has 29 heavy (non-hydrogen) atoms. The summed E-state index contributed by atoms with van der Waals surface area (Å²) >= 11 is 0. The topological polar surface area (TPSA) is 92.9 Å². The second-order valence-corrected chi connectivity index (χ2v) is 6.34. The van der Waals surface area contributed by atoms with E-state index in [2.05, 4.69) is 15.8 Å². The van der Waals surface area contributed by atoms with Crippen LogP contribution in [0.25, 0.3) is 0 Å². The van der Waals surface area contributed by atoms with Crippen LogP contribution in [-0.2, 0) is 9.63 Å². The number of oxime groups is 1. The highest BCUT2D eigenvalue weighted by atomic mass is 19.1. The van der Waals surface area contributed by atoms with Crippen molar-refractivity contribution in [3.05, 3.63) is 84.1 Å². The molecular weight excluding hydrogens is 377 g/mol. The first-order chi connectivity index (χ1) is 14.1. The summed E-state index contributed by atoms with van der Waals surface area (Å²) in [5.74, 6) is -0.909. The second-order valence-electron chi connectivity index (χ2n) is 6.34. The Kier molecular flexibility index (Phi) is 5.07. The molecule has 0 saturated carbocycles. The van der Waals surface area contributed by atoms with Crippen molar-refractivity contribution < 1.29 is 23.2 Å². The molecular formula is C21H16FN3O4. The zero-order valence-electron chi connectivity index (χ0n) is 15.1. The van der Waals surface area contributed by atoms with Crippen LogP contribution in [-0.4, -0.2) is 23.6 Å². The van der Waals surface area contributed by atoms with Crippen LogP contribution in [0.1, 0.15) is 22.5 Å². The lowest BCUT2D eigenvalue weighted by atomic mass is 10.0. The van der Waals surface area contributed by atoms with Crippen molar-refractivity contribution in [3.8, 4) is 0 Å². The highest BCUT2D eigenvalue weighted by molar-refractivity contribution is 6.06. The molecule has 2 amide bonds. The molecule has 1 aliphatic heterocycles. The maximum Gasteiger partial charge on any atom is 0.291 e. The second kappa shape index (κ2) is 7.97. The summed E-state index contributed by atoms with van der Waals surface area (Å²) in [5, 5.41) is 9.32. The third-order valence-electron chi connectivity index (χ3n) is 4.27. The summed E-state index contributed by atoms with van der Waals surface area (Å²) in [6, 6.07) is 15.8. The standard InChI is InChI=1S/C21H16FN3O4/c22-14-4-1-3-13(11-14)17-12-19(29-25-17)21(27)24-16-8-6-15(7-9-16)23-20(26)18-5-2-10-28-18/h1-11,19H,12H2,(H,23,26)(H,24,27)/t19-/m0/s1. The normalized spacial score (nSPS) is 15.3. The molecule has 0 aliphatic carbocycles. The fraction of sp³-hybridized carbons (Fsp3) is 0.0952. The SMILES string of the molecule is O=C(Nc1ccc(NC(=O)[C@@H]2CC(c3cccc(F)c3)=NO2)cc1)c1ccco1. The average molecular weight is 393 g/mol. The number of halogens is 1. The smallest absolute Gasteiger partial charge is 0.291 e. The molecule has 0 unspecified atom stereocenters. The number of rotatable bonds is 5. The van der Waals surface area contributed by atoms with E-state index in [4.69, 9.17) is 9.25 Å². The third-order valence-corrected chi connectivity index (χ3v) is 4.27. The summed E-state index contributed by atoms with van der Waals surface area (Å²) in [7, 11) is 0. The van der Waals surface area contributed by atoms with E-state index >= 15 is 0 Å². The maximum absolute atomic E-state index is 13.3. The van der Waals surface area contributed by atoms with E-state index in [0.717, 1.165) is 0 Å². The van der Waals surface area contributed by atoms with Gasteiger partial charge in [0.1, 0.15) is 5.82 Å². The van der Waals surface area contributed by atoms with Gasteiger partial charge in [0.25, 0.3) is 11.8 Å². The fourth-order valence-corrected chi connectivity index (χ4v) is 2.82. The lowest BCUT2D eigenvalue weighted by molar-refractivity contribution is -0.125. The summed E-state index contributed by atoms with van der Waals surface area (Å²) < 4.78 is 18.4. The first kappa shape index (κ1) is 18.4. The minimum atomic E-state index is -0.799. The van der Waals surface area contributed by atoms with Crippen molar-refractivity contribution in [1.82, 2.24) is 0 Å². The van der Waals surface area contributed by atoms with Gasteiger partial charge in [0, 0.05) is 23.4 Å². The van der Waals surface area contributed by atoms with Crippen molar-refractivity contribution in [2.45, 2.75) is 12.5 Å². The lowest BCUT2D eigenvalue weighted by Crippen LogP contribution is -2.28. The molecule has 0 bridgehead atoms. The molecule has 2 aromatic carbocycles. The molecule has 7 nitrogen and oxygen atoms in total. The minimum Gasteiger partial charge on any atom is -0.459 e. The van der Waals surface area contributed by atoms with Gasteiger partial charge in [-0.05, 0) is 48.5 Å². The van der Waals surface area contributed by atoms with Crippen molar-refractivity contribution in [1.29, 1.82) is 0 Å². The number of amides is 2. The number of nitrogens with zero attached hydrogens (tertiary/aromatic N) is 1. The number of anilines is 2. The van der Waals surface area contributed by atoms with Crippen LogP contribution >= 0.6 is 0 Å². The Morgan fingerprint density at radius 2 is 1.76 bits per heavy atom. The molecule has 0 saturated heterocycles. The Morgan fingerprint density at radius 3 is 2.45 bits per heavy atom. The van der Waals surface area contributed by atoms with E-state index in [1.807, 2.05) is 0 Å². The predicted molar refractivity (Wildman–Crippen MR) is 104 cm³/mol. The van der Waals surface area contributed by atoms with Gasteiger partial charge in [-0.15, -0.1) is 0 Å². The Morgan fingerprint density at radius 1 is 1.00 bits per heavy atom. The van der Waals surface area contributed by atoms with Crippen LogP contribution in [0.4, 0.5) is 15.8 Å². The maximum atomic E-state index is 13.3. The molecule has 0 fully saturated rings. The molecule has 3 aromatic rings. The Labute approximate surface area is 165 Å². The quantitative estimate of drug-likeness (QED) is 0.690. The first-order valence-electron chi connectivity index (χ1n) is 8.83. The molecule has 1 aliphatic rings. The van der Waals surface area contributed by atoms with E-state index in [1.54, 1.807) is 48.5 Å². The van der Waals surface area contributed by atoms with Gasteiger partial charge >= 0.3 is 0 Å². The van der Waals surface area contributed by atoms with Gasteiger partial charge in [0.15, 0.2) is 5.76 Å². The van der Waals surface area contributed by atoms with Crippen LogP contribution in [0.5, 0.6) is 0 Å². The minimum absolute atomic E-state index is 0.204. The number of furan rings is 1. The fourth-order valence-electron chi connectivity index (χ4n) is 2.82. The highest BCUT2D eigenvalue weighted by Gasteiger charge is 2.29. The number of benzene rings is 2. The van der Waals surface area contributed by atoms with Crippen LogP contribution in [0.3, 0.4) is 0 Å². The molecule has 2 heterocycles. The Balaban J connectivity index is 1.33. The largest absolute Gasteiger partial charge is 0.459 e. The molecule has 1 atom stereocenters. The molecule has 0 spiro atoms. The van der Waals surface area contributed by atoms with E-state index in [9.17, 15) is 14.0 Å². The van der Waals surface area contributed by atoms with Gasteiger partial charge in [-0.2, -0.15) is 0 Å². The number of hydrogen-bond donors (Lipinski definition) is 2. The average Bonchev–Trinajstić information content (AvgIpc) is 3.42. The van der Waals surface area contributed by atoms with Crippen molar-refractivity contribution >= 4 is 28.9 Å². The van der Waals surface area contributed by atoms with Crippen LogP contribution in [0, 0.1) is 5.82 Å². The lowest BCUT2D eigenvalue weighted by Gasteiger charge is -2.10. The summed E-state index contributed by atoms with van der Waals surface area (Å²) in [5.41, 5.74) is 2.18.